The molecule has 154 valence electrons. The van der Waals surface area contributed by atoms with Crippen molar-refractivity contribution in [2.75, 3.05) is 0 Å². The van der Waals surface area contributed by atoms with Crippen molar-refractivity contribution in [1.82, 2.24) is 19.7 Å². The summed E-state index contributed by atoms with van der Waals surface area (Å²) in [4.78, 5) is 9.21. The second-order valence-corrected chi connectivity index (χ2v) is 8.04. The molecule has 1 aliphatic rings. The Hall–Kier alpha value is -3.31. The Kier molecular flexibility index (Phi) is 5.35. The SMILES string of the molecule is Fc1ccc(-c2nc(CC3=Cc4ccccc4C3)n(CCc3ccccn3)n2)cc1Cl. The summed E-state index contributed by atoms with van der Waals surface area (Å²) in [5.74, 6) is 0.980. The van der Waals surface area contributed by atoms with E-state index in [1.165, 1.54) is 22.8 Å². The minimum atomic E-state index is -0.450. The van der Waals surface area contributed by atoms with Gasteiger partial charge < -0.3 is 0 Å². The maximum Gasteiger partial charge on any atom is 0.181 e. The van der Waals surface area contributed by atoms with Gasteiger partial charge in [0.2, 0.25) is 0 Å². The standard InChI is InChI=1S/C25H20ClFN4/c26-22-16-20(8-9-23(22)27)25-29-24(15-17-13-18-5-1-2-6-19(18)14-17)31(30-25)12-10-21-7-3-4-11-28-21/h1-9,11,13,16H,10,12,14-15H2. The third-order valence-electron chi connectivity index (χ3n) is 5.45. The van der Waals surface area contributed by atoms with Gasteiger partial charge in [-0.05, 0) is 47.9 Å². The molecule has 0 fully saturated rings. The molecule has 0 saturated heterocycles. The van der Waals surface area contributed by atoms with E-state index in [1.54, 1.807) is 18.3 Å². The fourth-order valence-electron chi connectivity index (χ4n) is 3.88. The number of nitrogens with zero attached hydrogens (tertiary/aromatic N) is 4. The number of benzene rings is 2. The van der Waals surface area contributed by atoms with Crippen molar-refractivity contribution in [1.29, 1.82) is 0 Å². The minimum absolute atomic E-state index is 0.0674. The molecule has 0 bridgehead atoms. The van der Waals surface area contributed by atoms with Gasteiger partial charge in [-0.1, -0.05) is 53.6 Å². The lowest BCUT2D eigenvalue weighted by atomic mass is 10.1. The van der Waals surface area contributed by atoms with Crippen LogP contribution in [-0.4, -0.2) is 19.7 Å². The van der Waals surface area contributed by atoms with Gasteiger partial charge in [0, 0.05) is 36.8 Å². The van der Waals surface area contributed by atoms with Crippen molar-refractivity contribution in [2.24, 2.45) is 0 Å². The average Bonchev–Trinajstić information content (AvgIpc) is 3.38. The predicted octanol–water partition coefficient (Wildman–Crippen LogP) is 5.56. The smallest absolute Gasteiger partial charge is 0.181 e. The Bertz CT molecular complexity index is 1260. The lowest BCUT2D eigenvalue weighted by molar-refractivity contribution is 0.580. The molecule has 0 N–H and O–H groups in total. The maximum atomic E-state index is 13.6. The molecule has 2 heterocycles. The topological polar surface area (TPSA) is 43.6 Å². The lowest BCUT2D eigenvalue weighted by Gasteiger charge is -2.06. The fraction of sp³-hybridized carbons (Fsp3) is 0.160. The van der Waals surface area contributed by atoms with Crippen LogP contribution in [0.2, 0.25) is 5.02 Å². The zero-order valence-electron chi connectivity index (χ0n) is 16.8. The number of fused-ring (bicyclic) bond motifs is 1. The normalized spacial score (nSPS) is 12.6. The Labute approximate surface area is 185 Å². The molecule has 0 atom stereocenters. The first-order chi connectivity index (χ1) is 15.2. The molecule has 5 rings (SSSR count). The van der Waals surface area contributed by atoms with Crippen molar-refractivity contribution < 1.29 is 4.39 Å². The summed E-state index contributed by atoms with van der Waals surface area (Å²) < 4.78 is 15.6. The first-order valence-electron chi connectivity index (χ1n) is 10.2. The van der Waals surface area contributed by atoms with Crippen LogP contribution in [0.15, 0.2) is 72.4 Å². The van der Waals surface area contributed by atoms with E-state index in [9.17, 15) is 4.39 Å². The highest BCUT2D eigenvalue weighted by Crippen LogP contribution is 2.28. The summed E-state index contributed by atoms with van der Waals surface area (Å²) in [5.41, 5.74) is 5.61. The molecule has 4 nitrogen and oxygen atoms in total. The average molecular weight is 431 g/mol. The number of hydrogen-bond donors (Lipinski definition) is 0. The van der Waals surface area contributed by atoms with Gasteiger partial charge in [0.05, 0.1) is 5.02 Å². The molecule has 1 aliphatic carbocycles. The molecular weight excluding hydrogens is 411 g/mol. The molecule has 0 spiro atoms. The largest absolute Gasteiger partial charge is 0.261 e. The highest BCUT2D eigenvalue weighted by molar-refractivity contribution is 6.31. The van der Waals surface area contributed by atoms with Crippen LogP contribution in [0.5, 0.6) is 0 Å². The van der Waals surface area contributed by atoms with E-state index in [0.29, 0.717) is 24.4 Å². The Morgan fingerprint density at radius 1 is 1.03 bits per heavy atom. The summed E-state index contributed by atoms with van der Waals surface area (Å²) in [6.45, 7) is 0.661. The van der Waals surface area contributed by atoms with E-state index < -0.39 is 5.82 Å². The van der Waals surface area contributed by atoms with Crippen molar-refractivity contribution in [2.45, 2.75) is 25.8 Å². The number of allylic oxidation sites excluding steroid dienone is 1. The van der Waals surface area contributed by atoms with Gasteiger partial charge in [-0.15, -0.1) is 0 Å². The van der Waals surface area contributed by atoms with Crippen LogP contribution in [0.1, 0.15) is 22.6 Å². The molecule has 0 aliphatic heterocycles. The number of halogens is 2. The molecule has 2 aromatic heterocycles. The third-order valence-corrected chi connectivity index (χ3v) is 5.74. The number of aryl methyl sites for hydroxylation is 2. The van der Waals surface area contributed by atoms with Gasteiger partial charge in [-0.25, -0.2) is 14.1 Å². The van der Waals surface area contributed by atoms with E-state index in [1.807, 2.05) is 22.9 Å². The second-order valence-electron chi connectivity index (χ2n) is 7.63. The highest BCUT2D eigenvalue weighted by Gasteiger charge is 2.18. The van der Waals surface area contributed by atoms with E-state index in [0.717, 1.165) is 24.4 Å². The van der Waals surface area contributed by atoms with Crippen molar-refractivity contribution in [3.63, 3.8) is 0 Å². The van der Waals surface area contributed by atoms with Crippen molar-refractivity contribution in [3.05, 3.63) is 106 Å². The van der Waals surface area contributed by atoms with Gasteiger partial charge >= 0.3 is 0 Å². The van der Waals surface area contributed by atoms with E-state index >= 15 is 0 Å². The molecule has 2 aromatic carbocycles. The highest BCUT2D eigenvalue weighted by atomic mass is 35.5. The Balaban J connectivity index is 1.44. The molecule has 0 saturated carbocycles. The number of aromatic nitrogens is 4. The molecule has 0 radical (unpaired) electrons. The van der Waals surface area contributed by atoms with Gasteiger partial charge in [0.25, 0.3) is 0 Å². The summed E-state index contributed by atoms with van der Waals surface area (Å²) in [5, 5.41) is 4.79. The monoisotopic (exact) mass is 430 g/mol. The van der Waals surface area contributed by atoms with E-state index in [-0.39, 0.29) is 5.02 Å². The summed E-state index contributed by atoms with van der Waals surface area (Å²) >= 11 is 5.99. The van der Waals surface area contributed by atoms with Crippen molar-refractivity contribution >= 4 is 17.7 Å². The number of hydrogen-bond acceptors (Lipinski definition) is 3. The number of rotatable bonds is 6. The molecule has 31 heavy (non-hydrogen) atoms. The summed E-state index contributed by atoms with van der Waals surface area (Å²) in [7, 11) is 0. The Morgan fingerprint density at radius 3 is 2.71 bits per heavy atom. The quantitative estimate of drug-likeness (QED) is 0.402. The molecular formula is C25H20ClFN4. The number of pyridine rings is 1. The van der Waals surface area contributed by atoms with Gasteiger partial charge in [-0.3, -0.25) is 4.98 Å². The van der Waals surface area contributed by atoms with Crippen LogP contribution in [-0.2, 0) is 25.8 Å². The minimum Gasteiger partial charge on any atom is -0.261 e. The second kappa shape index (κ2) is 8.44. The van der Waals surface area contributed by atoms with Crippen LogP contribution in [0.4, 0.5) is 4.39 Å². The van der Waals surface area contributed by atoms with Crippen molar-refractivity contribution in [3.8, 4) is 11.4 Å². The fourth-order valence-corrected chi connectivity index (χ4v) is 4.06. The first kappa shape index (κ1) is 19.6. The van der Waals surface area contributed by atoms with Crippen LogP contribution in [0, 0.1) is 5.82 Å². The van der Waals surface area contributed by atoms with Crippen LogP contribution in [0.3, 0.4) is 0 Å². The van der Waals surface area contributed by atoms with E-state index in [4.69, 9.17) is 21.7 Å². The van der Waals surface area contributed by atoms with Crippen LogP contribution >= 0.6 is 11.6 Å². The molecule has 0 unspecified atom stereocenters. The zero-order chi connectivity index (χ0) is 21.2. The maximum absolute atomic E-state index is 13.6. The predicted molar refractivity (Wildman–Crippen MR) is 120 cm³/mol. The first-order valence-corrected chi connectivity index (χ1v) is 10.6. The zero-order valence-corrected chi connectivity index (χ0v) is 17.6. The van der Waals surface area contributed by atoms with Crippen LogP contribution in [0.25, 0.3) is 17.5 Å². The lowest BCUT2D eigenvalue weighted by Crippen LogP contribution is -2.09. The molecule has 0 amide bonds. The van der Waals surface area contributed by atoms with Gasteiger partial charge in [-0.2, -0.15) is 5.10 Å². The molecule has 4 aromatic rings. The van der Waals surface area contributed by atoms with E-state index in [2.05, 4.69) is 35.3 Å². The van der Waals surface area contributed by atoms with Crippen LogP contribution < -0.4 is 0 Å². The summed E-state index contributed by atoms with van der Waals surface area (Å²) in [6, 6.07) is 18.9. The van der Waals surface area contributed by atoms with Gasteiger partial charge in [0.15, 0.2) is 5.82 Å². The third kappa shape index (κ3) is 4.28. The van der Waals surface area contributed by atoms with Gasteiger partial charge in [0.1, 0.15) is 11.6 Å². The Morgan fingerprint density at radius 2 is 1.90 bits per heavy atom. The molecule has 6 heteroatoms. The summed E-state index contributed by atoms with van der Waals surface area (Å²) in [6.07, 6.45) is 6.41.